The largest absolute Gasteiger partial charge is 0.369 e. The number of amides is 3. The van der Waals surface area contributed by atoms with Crippen LogP contribution in [0.3, 0.4) is 0 Å². The quantitative estimate of drug-likeness (QED) is 0.699. The molecule has 3 fully saturated rings. The first-order valence-corrected chi connectivity index (χ1v) is 11.2. The van der Waals surface area contributed by atoms with Crippen molar-refractivity contribution in [2.24, 2.45) is 11.7 Å². The van der Waals surface area contributed by atoms with E-state index in [0.717, 1.165) is 58.4 Å². The van der Waals surface area contributed by atoms with Gasteiger partial charge in [0.15, 0.2) is 0 Å². The molecule has 8 heteroatoms. The summed E-state index contributed by atoms with van der Waals surface area (Å²) < 4.78 is 0. The maximum atomic E-state index is 12.9. The zero-order chi connectivity index (χ0) is 21.0. The molecule has 0 radical (unpaired) electrons. The summed E-state index contributed by atoms with van der Waals surface area (Å²) in [5, 5.41) is 0. The van der Waals surface area contributed by atoms with E-state index in [0.29, 0.717) is 25.7 Å². The summed E-state index contributed by atoms with van der Waals surface area (Å²) >= 11 is 0. The molecule has 0 aromatic carbocycles. The lowest BCUT2D eigenvalue weighted by Crippen LogP contribution is -2.57. The average molecular weight is 408 g/mol. The SMILES string of the molecule is CC(C(=O)N1CCCC(C(N)=O)C1)N1CCN(CC(=O)N2CCCCC2C)CC1. The predicted octanol–water partition coefficient (Wildman–Crippen LogP) is 0.117. The molecule has 3 aliphatic rings. The number of carbonyl (C=O) groups excluding carboxylic acids is 3. The van der Waals surface area contributed by atoms with Crippen LogP contribution in [0, 0.1) is 5.92 Å². The highest BCUT2D eigenvalue weighted by Crippen LogP contribution is 2.19. The first-order valence-electron chi connectivity index (χ1n) is 11.2. The van der Waals surface area contributed by atoms with Crippen molar-refractivity contribution in [3.63, 3.8) is 0 Å². The second kappa shape index (κ2) is 9.89. The Kier molecular flexibility index (Phi) is 7.51. The predicted molar refractivity (Wildman–Crippen MR) is 111 cm³/mol. The van der Waals surface area contributed by atoms with Gasteiger partial charge in [-0.1, -0.05) is 0 Å². The normalized spacial score (nSPS) is 28.2. The fraction of sp³-hybridized carbons (Fsp3) is 0.857. The molecule has 29 heavy (non-hydrogen) atoms. The monoisotopic (exact) mass is 407 g/mol. The van der Waals surface area contributed by atoms with E-state index >= 15 is 0 Å². The van der Waals surface area contributed by atoms with Gasteiger partial charge in [-0.05, 0) is 46.0 Å². The van der Waals surface area contributed by atoms with Crippen molar-refractivity contribution in [1.29, 1.82) is 0 Å². The summed E-state index contributed by atoms with van der Waals surface area (Å²) in [6, 6.07) is 0.144. The maximum Gasteiger partial charge on any atom is 0.239 e. The number of nitrogens with two attached hydrogens (primary N) is 1. The summed E-state index contributed by atoms with van der Waals surface area (Å²) in [6.45, 7) is 9.77. The molecule has 3 saturated heterocycles. The molecule has 3 unspecified atom stereocenters. The summed E-state index contributed by atoms with van der Waals surface area (Å²) in [7, 11) is 0. The van der Waals surface area contributed by atoms with Crippen molar-refractivity contribution in [2.45, 2.75) is 58.0 Å². The van der Waals surface area contributed by atoms with E-state index in [4.69, 9.17) is 5.73 Å². The molecule has 0 bridgehead atoms. The Labute approximate surface area is 174 Å². The summed E-state index contributed by atoms with van der Waals surface area (Å²) in [6.07, 6.45) is 5.03. The second-order valence-corrected chi connectivity index (χ2v) is 8.95. The van der Waals surface area contributed by atoms with Crippen molar-refractivity contribution in [2.75, 3.05) is 52.4 Å². The average Bonchev–Trinajstić information content (AvgIpc) is 2.73. The van der Waals surface area contributed by atoms with E-state index in [-0.39, 0.29) is 29.7 Å². The molecule has 8 nitrogen and oxygen atoms in total. The van der Waals surface area contributed by atoms with Crippen LogP contribution in [0.15, 0.2) is 0 Å². The number of hydrogen-bond donors (Lipinski definition) is 1. The fourth-order valence-corrected chi connectivity index (χ4v) is 4.89. The van der Waals surface area contributed by atoms with Gasteiger partial charge in [-0.3, -0.25) is 24.2 Å². The van der Waals surface area contributed by atoms with Crippen LogP contribution in [0.2, 0.25) is 0 Å². The number of hydrogen-bond acceptors (Lipinski definition) is 5. The van der Waals surface area contributed by atoms with E-state index < -0.39 is 0 Å². The number of primary amides is 1. The highest BCUT2D eigenvalue weighted by molar-refractivity contribution is 5.83. The molecular weight excluding hydrogens is 370 g/mol. The molecule has 3 heterocycles. The van der Waals surface area contributed by atoms with Crippen molar-refractivity contribution >= 4 is 17.7 Å². The summed E-state index contributed by atoms with van der Waals surface area (Å²) in [5.41, 5.74) is 5.44. The Morgan fingerprint density at radius 2 is 1.69 bits per heavy atom. The topological polar surface area (TPSA) is 90.2 Å². The first-order chi connectivity index (χ1) is 13.9. The van der Waals surface area contributed by atoms with Crippen molar-refractivity contribution in [1.82, 2.24) is 19.6 Å². The van der Waals surface area contributed by atoms with Gasteiger partial charge < -0.3 is 15.5 Å². The third-order valence-electron chi connectivity index (χ3n) is 6.93. The third kappa shape index (κ3) is 5.48. The molecular formula is C21H37N5O3. The number of carbonyl (C=O) groups is 3. The molecule has 164 valence electrons. The molecule has 3 atom stereocenters. The summed E-state index contributed by atoms with van der Waals surface area (Å²) in [4.78, 5) is 45.3. The number of piperidine rings is 2. The van der Waals surface area contributed by atoms with Gasteiger partial charge in [0.25, 0.3) is 0 Å². The molecule has 0 aromatic rings. The zero-order valence-corrected chi connectivity index (χ0v) is 18.0. The standard InChI is InChI=1S/C21H37N5O3/c1-16-6-3-4-9-26(16)19(27)15-23-10-12-24(13-11-23)17(2)21(29)25-8-5-7-18(14-25)20(22)28/h16-18H,3-15H2,1-2H3,(H2,22,28). The Balaban J connectivity index is 1.45. The van der Waals surface area contributed by atoms with Crippen molar-refractivity contribution in [3.05, 3.63) is 0 Å². The van der Waals surface area contributed by atoms with Crippen LogP contribution in [0.5, 0.6) is 0 Å². The van der Waals surface area contributed by atoms with Crippen LogP contribution in [-0.2, 0) is 14.4 Å². The molecule has 2 N–H and O–H groups in total. The Hall–Kier alpha value is -1.67. The molecule has 0 saturated carbocycles. The van der Waals surface area contributed by atoms with Crippen LogP contribution in [-0.4, -0.2) is 102 Å². The maximum absolute atomic E-state index is 12.9. The van der Waals surface area contributed by atoms with Gasteiger partial charge in [0.2, 0.25) is 17.7 Å². The van der Waals surface area contributed by atoms with Gasteiger partial charge in [-0.2, -0.15) is 0 Å². The molecule has 0 aromatic heterocycles. The molecule has 3 rings (SSSR count). The van der Waals surface area contributed by atoms with Gasteiger partial charge in [-0.15, -0.1) is 0 Å². The lowest BCUT2D eigenvalue weighted by molar-refractivity contribution is -0.141. The van der Waals surface area contributed by atoms with E-state index in [2.05, 4.69) is 16.7 Å². The number of likely N-dealkylation sites (tertiary alicyclic amines) is 2. The highest BCUT2D eigenvalue weighted by atomic mass is 16.2. The molecule has 0 spiro atoms. The van der Waals surface area contributed by atoms with Crippen LogP contribution < -0.4 is 5.73 Å². The number of rotatable bonds is 5. The van der Waals surface area contributed by atoms with Crippen molar-refractivity contribution < 1.29 is 14.4 Å². The minimum Gasteiger partial charge on any atom is -0.369 e. The van der Waals surface area contributed by atoms with Gasteiger partial charge in [-0.25, -0.2) is 0 Å². The van der Waals surface area contributed by atoms with Crippen LogP contribution >= 0.6 is 0 Å². The molecule has 3 aliphatic heterocycles. The van der Waals surface area contributed by atoms with E-state index in [1.54, 1.807) is 4.90 Å². The lowest BCUT2D eigenvalue weighted by Gasteiger charge is -2.41. The Bertz CT molecular complexity index is 605. The third-order valence-corrected chi connectivity index (χ3v) is 6.93. The van der Waals surface area contributed by atoms with Crippen LogP contribution in [0.1, 0.15) is 46.0 Å². The van der Waals surface area contributed by atoms with E-state index in [1.807, 2.05) is 11.8 Å². The molecule has 0 aliphatic carbocycles. The minimum atomic E-state index is -0.309. The summed E-state index contributed by atoms with van der Waals surface area (Å²) in [5.74, 6) is -0.209. The van der Waals surface area contributed by atoms with E-state index in [1.165, 1.54) is 6.42 Å². The Morgan fingerprint density at radius 3 is 2.34 bits per heavy atom. The lowest BCUT2D eigenvalue weighted by atomic mass is 9.97. The minimum absolute atomic E-state index is 0.0858. The highest BCUT2D eigenvalue weighted by Gasteiger charge is 2.33. The van der Waals surface area contributed by atoms with Gasteiger partial charge in [0.1, 0.15) is 0 Å². The zero-order valence-electron chi connectivity index (χ0n) is 18.0. The van der Waals surface area contributed by atoms with Gasteiger partial charge in [0, 0.05) is 51.9 Å². The fourth-order valence-electron chi connectivity index (χ4n) is 4.89. The van der Waals surface area contributed by atoms with Crippen molar-refractivity contribution in [3.8, 4) is 0 Å². The number of piperazine rings is 1. The van der Waals surface area contributed by atoms with Gasteiger partial charge in [0.05, 0.1) is 18.5 Å². The Morgan fingerprint density at radius 1 is 0.966 bits per heavy atom. The van der Waals surface area contributed by atoms with Crippen LogP contribution in [0.4, 0.5) is 0 Å². The second-order valence-electron chi connectivity index (χ2n) is 8.95. The van der Waals surface area contributed by atoms with Gasteiger partial charge >= 0.3 is 0 Å². The van der Waals surface area contributed by atoms with Crippen LogP contribution in [0.25, 0.3) is 0 Å². The van der Waals surface area contributed by atoms with E-state index in [9.17, 15) is 14.4 Å². The smallest absolute Gasteiger partial charge is 0.239 e. The molecule has 3 amide bonds. The number of nitrogens with zero attached hydrogens (tertiary/aromatic N) is 4. The first kappa shape index (κ1) is 22.0.